The second-order valence-electron chi connectivity index (χ2n) is 5.46. The van der Waals surface area contributed by atoms with Crippen molar-refractivity contribution in [2.45, 2.75) is 32.4 Å². The third-order valence-corrected chi connectivity index (χ3v) is 3.98. The van der Waals surface area contributed by atoms with Gasteiger partial charge in [0.1, 0.15) is 0 Å². The van der Waals surface area contributed by atoms with Gasteiger partial charge in [-0.15, -0.1) is 0 Å². The highest BCUT2D eigenvalue weighted by atomic mass is 16.6. The van der Waals surface area contributed by atoms with Crippen molar-refractivity contribution in [3.8, 4) is 0 Å². The summed E-state index contributed by atoms with van der Waals surface area (Å²) >= 11 is 0. The van der Waals surface area contributed by atoms with E-state index in [-0.39, 0.29) is 17.2 Å². The molecule has 0 atom stereocenters. The molecular weight excluding hydrogens is 314 g/mol. The Kier molecular flexibility index (Phi) is 4.41. The van der Waals surface area contributed by atoms with Gasteiger partial charge in [0.15, 0.2) is 5.69 Å². The van der Waals surface area contributed by atoms with E-state index in [4.69, 9.17) is 0 Å². The van der Waals surface area contributed by atoms with Gasteiger partial charge in [0.25, 0.3) is 0 Å². The molecule has 0 saturated heterocycles. The highest BCUT2D eigenvalue weighted by Crippen LogP contribution is 2.24. The van der Waals surface area contributed by atoms with Gasteiger partial charge in [0.05, 0.1) is 18.2 Å². The molecule has 3 heterocycles. The fourth-order valence-corrected chi connectivity index (χ4v) is 2.76. The third-order valence-electron chi connectivity index (χ3n) is 3.98. The van der Waals surface area contributed by atoms with Crippen molar-refractivity contribution in [3.05, 3.63) is 45.4 Å². The molecule has 0 amide bonds. The summed E-state index contributed by atoms with van der Waals surface area (Å²) in [4.78, 5) is 26.2. The van der Waals surface area contributed by atoms with Crippen LogP contribution < -0.4 is 5.32 Å². The molecular formula is C15H17N5O4. The molecule has 0 spiro atoms. The molecule has 0 radical (unpaired) electrons. The van der Waals surface area contributed by atoms with Gasteiger partial charge in [-0.1, -0.05) is 0 Å². The first kappa shape index (κ1) is 15.9. The summed E-state index contributed by atoms with van der Waals surface area (Å²) in [6.45, 7) is 1.25. The van der Waals surface area contributed by atoms with E-state index >= 15 is 0 Å². The van der Waals surface area contributed by atoms with Crippen LogP contribution in [0.1, 0.15) is 34.6 Å². The molecule has 24 heavy (non-hydrogen) atoms. The number of aromatic nitrogens is 3. The van der Waals surface area contributed by atoms with Crippen LogP contribution in [-0.2, 0) is 24.2 Å². The number of ether oxygens (including phenoxy) is 1. The van der Waals surface area contributed by atoms with Crippen LogP contribution in [0.4, 0.5) is 11.5 Å². The van der Waals surface area contributed by atoms with Gasteiger partial charge in [-0.3, -0.25) is 14.8 Å². The summed E-state index contributed by atoms with van der Waals surface area (Å²) in [6, 6.07) is 2.52. The molecule has 1 aliphatic heterocycles. The Labute approximate surface area is 137 Å². The zero-order valence-electron chi connectivity index (χ0n) is 13.2. The smallest absolute Gasteiger partial charge is 0.356 e. The van der Waals surface area contributed by atoms with Crippen LogP contribution in [0.3, 0.4) is 0 Å². The molecule has 2 aromatic heterocycles. The number of anilines is 1. The maximum Gasteiger partial charge on any atom is 0.356 e. The lowest BCUT2D eigenvalue weighted by Gasteiger charge is -2.15. The Bertz CT molecular complexity index is 786. The second kappa shape index (κ2) is 6.65. The number of nitrogens with one attached hydrogen (secondary N) is 1. The maximum absolute atomic E-state index is 11.6. The molecule has 0 saturated carbocycles. The molecule has 2 aromatic rings. The molecule has 0 unspecified atom stereocenters. The van der Waals surface area contributed by atoms with Crippen molar-refractivity contribution in [1.29, 1.82) is 0 Å². The number of esters is 1. The van der Waals surface area contributed by atoms with Crippen LogP contribution in [0.15, 0.2) is 18.3 Å². The fraction of sp³-hybridized carbons (Fsp3) is 0.400. The summed E-state index contributed by atoms with van der Waals surface area (Å²) in [5.41, 5.74) is 1.95. The molecule has 1 aliphatic rings. The Morgan fingerprint density at radius 1 is 1.46 bits per heavy atom. The first-order valence-electron chi connectivity index (χ1n) is 7.61. The van der Waals surface area contributed by atoms with Gasteiger partial charge in [-0.2, -0.15) is 5.10 Å². The fourth-order valence-electron chi connectivity index (χ4n) is 2.76. The highest BCUT2D eigenvalue weighted by Gasteiger charge is 2.20. The lowest BCUT2D eigenvalue weighted by molar-refractivity contribution is -0.384. The number of carbonyl (C=O) groups excluding carboxylic acids is 1. The Hall–Kier alpha value is -2.97. The van der Waals surface area contributed by atoms with E-state index in [9.17, 15) is 14.9 Å². The van der Waals surface area contributed by atoms with Crippen molar-refractivity contribution >= 4 is 17.5 Å². The van der Waals surface area contributed by atoms with Gasteiger partial charge in [-0.25, -0.2) is 9.78 Å². The van der Waals surface area contributed by atoms with Crippen LogP contribution >= 0.6 is 0 Å². The maximum atomic E-state index is 11.6. The minimum absolute atomic E-state index is 0.0163. The number of hydrogen-bond acceptors (Lipinski definition) is 7. The summed E-state index contributed by atoms with van der Waals surface area (Å²) in [5.74, 6) is -0.602. The molecule has 0 aromatic carbocycles. The van der Waals surface area contributed by atoms with E-state index in [1.54, 1.807) is 6.20 Å². The number of aryl methyl sites for hydroxylation is 1. The average Bonchev–Trinajstić information content (AvgIpc) is 3.02. The first-order chi connectivity index (χ1) is 11.6. The first-order valence-corrected chi connectivity index (χ1v) is 7.61. The van der Waals surface area contributed by atoms with Crippen molar-refractivity contribution in [3.63, 3.8) is 0 Å². The standard InChI is InChI=1S/C15H17N5O4/c1-24-15(21)11-5-6-13(20(22)23)14(18-11)16-8-10-9-17-19-7-3-2-4-12(10)19/h5-6,9H,2-4,7-8H2,1H3,(H,16,18). The summed E-state index contributed by atoms with van der Waals surface area (Å²) in [7, 11) is 1.23. The van der Waals surface area contributed by atoms with Crippen LogP contribution in [0, 0.1) is 10.1 Å². The minimum Gasteiger partial charge on any atom is -0.464 e. The van der Waals surface area contributed by atoms with Gasteiger partial charge in [-0.05, 0) is 25.3 Å². The van der Waals surface area contributed by atoms with E-state index in [2.05, 4.69) is 20.1 Å². The molecule has 0 fully saturated rings. The monoisotopic (exact) mass is 331 g/mol. The number of fused-ring (bicyclic) bond motifs is 1. The Balaban J connectivity index is 1.84. The predicted molar refractivity (Wildman–Crippen MR) is 84.7 cm³/mol. The molecule has 0 bridgehead atoms. The zero-order valence-corrected chi connectivity index (χ0v) is 13.2. The second-order valence-corrected chi connectivity index (χ2v) is 5.46. The van der Waals surface area contributed by atoms with E-state index in [0.717, 1.165) is 37.1 Å². The number of hydrogen-bond donors (Lipinski definition) is 1. The zero-order chi connectivity index (χ0) is 17.1. The Morgan fingerprint density at radius 3 is 3.04 bits per heavy atom. The van der Waals surface area contributed by atoms with Gasteiger partial charge in [0, 0.05) is 30.4 Å². The molecule has 0 aliphatic carbocycles. The normalized spacial score (nSPS) is 13.2. The number of rotatable bonds is 5. The SMILES string of the molecule is COC(=O)c1ccc([N+](=O)[O-])c(NCc2cnn3c2CCCC3)n1. The number of nitro groups is 1. The van der Waals surface area contributed by atoms with Gasteiger partial charge in [0.2, 0.25) is 5.82 Å². The number of pyridine rings is 1. The van der Waals surface area contributed by atoms with Crippen LogP contribution in [-0.4, -0.2) is 32.8 Å². The molecule has 9 heteroatoms. The van der Waals surface area contributed by atoms with Crippen molar-refractivity contribution < 1.29 is 14.5 Å². The van der Waals surface area contributed by atoms with Crippen molar-refractivity contribution in [1.82, 2.24) is 14.8 Å². The lowest BCUT2D eigenvalue weighted by atomic mass is 10.1. The quantitative estimate of drug-likeness (QED) is 0.506. The van der Waals surface area contributed by atoms with E-state index in [1.165, 1.54) is 19.2 Å². The van der Waals surface area contributed by atoms with E-state index in [0.29, 0.717) is 6.54 Å². The van der Waals surface area contributed by atoms with Crippen LogP contribution in [0.2, 0.25) is 0 Å². The van der Waals surface area contributed by atoms with Crippen LogP contribution in [0.25, 0.3) is 0 Å². The lowest BCUT2D eigenvalue weighted by Crippen LogP contribution is -2.14. The Morgan fingerprint density at radius 2 is 2.29 bits per heavy atom. The molecule has 3 rings (SSSR count). The number of nitrogens with zero attached hydrogens (tertiary/aromatic N) is 4. The van der Waals surface area contributed by atoms with Crippen molar-refractivity contribution in [2.24, 2.45) is 0 Å². The number of carbonyl (C=O) groups is 1. The summed E-state index contributed by atoms with van der Waals surface area (Å²) in [5, 5.41) is 18.4. The van der Waals surface area contributed by atoms with Gasteiger partial charge >= 0.3 is 11.7 Å². The minimum atomic E-state index is -0.643. The largest absolute Gasteiger partial charge is 0.464 e. The average molecular weight is 331 g/mol. The summed E-state index contributed by atoms with van der Waals surface area (Å²) in [6.07, 6.45) is 4.92. The van der Waals surface area contributed by atoms with Crippen molar-refractivity contribution in [2.75, 3.05) is 12.4 Å². The topological polar surface area (TPSA) is 112 Å². The molecule has 1 N–H and O–H groups in total. The molecule has 9 nitrogen and oxygen atoms in total. The summed E-state index contributed by atoms with van der Waals surface area (Å²) < 4.78 is 6.57. The van der Waals surface area contributed by atoms with Crippen LogP contribution in [0.5, 0.6) is 0 Å². The van der Waals surface area contributed by atoms with Gasteiger partial charge < -0.3 is 10.1 Å². The third kappa shape index (κ3) is 3.05. The molecule has 126 valence electrons. The highest BCUT2D eigenvalue weighted by molar-refractivity contribution is 5.88. The van der Waals surface area contributed by atoms with E-state index in [1.807, 2.05) is 4.68 Å². The van der Waals surface area contributed by atoms with E-state index < -0.39 is 10.9 Å². The predicted octanol–water partition coefficient (Wildman–Crippen LogP) is 1.92. The number of methoxy groups -OCH3 is 1.